The summed E-state index contributed by atoms with van der Waals surface area (Å²) in [6, 6.07) is 9.47. The van der Waals surface area contributed by atoms with Gasteiger partial charge in [0.05, 0.1) is 19.1 Å². The van der Waals surface area contributed by atoms with E-state index in [1.165, 1.54) is 19.4 Å². The van der Waals surface area contributed by atoms with Crippen molar-refractivity contribution < 1.29 is 23.5 Å². The monoisotopic (exact) mass is 341 g/mol. The van der Waals surface area contributed by atoms with E-state index in [2.05, 4.69) is 10.6 Å². The molecule has 1 aromatic carbocycles. The molecule has 8 nitrogen and oxygen atoms in total. The maximum Gasteiger partial charge on any atom is 0.329 e. The van der Waals surface area contributed by atoms with Crippen LogP contribution in [-0.4, -0.2) is 36.4 Å². The summed E-state index contributed by atoms with van der Waals surface area (Å²) in [6.45, 7) is -0.418. The highest BCUT2D eigenvalue weighted by molar-refractivity contribution is 6.15. The van der Waals surface area contributed by atoms with Crippen LogP contribution >= 0.6 is 0 Å². The van der Waals surface area contributed by atoms with E-state index in [-0.39, 0.29) is 5.70 Å². The van der Waals surface area contributed by atoms with Crippen molar-refractivity contribution in [2.45, 2.75) is 0 Å². The Bertz CT molecular complexity index is 842. The van der Waals surface area contributed by atoms with Crippen molar-refractivity contribution in [2.75, 3.05) is 19.0 Å². The van der Waals surface area contributed by atoms with Crippen LogP contribution in [0.5, 0.6) is 5.75 Å². The molecule has 1 saturated heterocycles. The number of methoxy groups -OCH3 is 1. The zero-order valence-corrected chi connectivity index (χ0v) is 13.3. The first-order valence-corrected chi connectivity index (χ1v) is 7.39. The second-order valence-corrected chi connectivity index (χ2v) is 5.14. The van der Waals surface area contributed by atoms with Gasteiger partial charge in [-0.05, 0) is 24.3 Å². The van der Waals surface area contributed by atoms with Gasteiger partial charge in [-0.15, -0.1) is 0 Å². The molecule has 0 atom stereocenters. The number of urea groups is 1. The molecule has 0 bridgehead atoms. The number of nitrogens with zero attached hydrogens (tertiary/aromatic N) is 1. The summed E-state index contributed by atoms with van der Waals surface area (Å²) in [7, 11) is 1.48. The number of carbonyl (C=O) groups excluding carboxylic acids is 3. The summed E-state index contributed by atoms with van der Waals surface area (Å²) in [5.41, 5.74) is 0.499. The number of rotatable bonds is 5. The number of para-hydroxylation sites is 2. The van der Waals surface area contributed by atoms with Crippen LogP contribution in [0.15, 0.2) is 52.8 Å². The van der Waals surface area contributed by atoms with Gasteiger partial charge in [0.15, 0.2) is 0 Å². The third-order valence-corrected chi connectivity index (χ3v) is 3.47. The molecular weight excluding hydrogens is 326 g/mol. The Balaban J connectivity index is 1.69. The smallest absolute Gasteiger partial charge is 0.329 e. The number of amides is 4. The van der Waals surface area contributed by atoms with Crippen molar-refractivity contribution in [3.8, 4) is 5.75 Å². The average molecular weight is 341 g/mol. The minimum atomic E-state index is -0.669. The van der Waals surface area contributed by atoms with Gasteiger partial charge in [-0.3, -0.25) is 9.59 Å². The van der Waals surface area contributed by atoms with Gasteiger partial charge in [-0.1, -0.05) is 12.1 Å². The molecule has 0 saturated carbocycles. The number of anilines is 1. The standard InChI is InChI=1S/C17H15N3O5/c1-24-14-7-3-2-6-12(14)18-15(21)10-20-16(22)13(19-17(20)23)9-11-5-4-8-25-11/h2-9H,10H2,1H3,(H,18,21)(H,19,23)/b13-9+. The van der Waals surface area contributed by atoms with E-state index in [1.54, 1.807) is 36.4 Å². The number of furan rings is 1. The van der Waals surface area contributed by atoms with E-state index in [4.69, 9.17) is 9.15 Å². The minimum absolute atomic E-state index is 0.0463. The summed E-state index contributed by atoms with van der Waals surface area (Å²) >= 11 is 0. The Labute approximate surface area is 143 Å². The van der Waals surface area contributed by atoms with Gasteiger partial charge in [0.25, 0.3) is 5.91 Å². The first kappa shape index (κ1) is 16.3. The van der Waals surface area contributed by atoms with E-state index in [0.717, 1.165) is 4.90 Å². The molecule has 1 aliphatic rings. The molecule has 2 aromatic rings. The lowest BCUT2D eigenvalue weighted by Crippen LogP contribution is -2.38. The first-order valence-electron chi connectivity index (χ1n) is 7.39. The highest BCUT2D eigenvalue weighted by Gasteiger charge is 2.35. The predicted octanol–water partition coefficient (Wildman–Crippen LogP) is 1.82. The molecule has 8 heteroatoms. The molecule has 2 N–H and O–H groups in total. The molecule has 1 fully saturated rings. The van der Waals surface area contributed by atoms with Crippen LogP contribution in [0.3, 0.4) is 0 Å². The van der Waals surface area contributed by atoms with Gasteiger partial charge < -0.3 is 19.8 Å². The normalized spacial score (nSPS) is 15.4. The fourth-order valence-corrected chi connectivity index (χ4v) is 2.31. The Morgan fingerprint density at radius 3 is 2.80 bits per heavy atom. The molecule has 0 aliphatic carbocycles. The molecule has 25 heavy (non-hydrogen) atoms. The molecule has 128 valence electrons. The molecule has 4 amide bonds. The third kappa shape index (κ3) is 3.52. The predicted molar refractivity (Wildman–Crippen MR) is 88.6 cm³/mol. The SMILES string of the molecule is COc1ccccc1NC(=O)CN1C(=O)N/C(=C/c2ccco2)C1=O. The number of ether oxygens (including phenoxy) is 1. The summed E-state index contributed by atoms with van der Waals surface area (Å²) < 4.78 is 10.2. The molecule has 2 heterocycles. The fourth-order valence-electron chi connectivity index (χ4n) is 2.31. The number of nitrogens with one attached hydrogen (secondary N) is 2. The van der Waals surface area contributed by atoms with Gasteiger partial charge in [0, 0.05) is 6.08 Å². The largest absolute Gasteiger partial charge is 0.495 e. The van der Waals surface area contributed by atoms with Crippen LogP contribution in [0, 0.1) is 0 Å². The van der Waals surface area contributed by atoms with Crippen LogP contribution in [0.25, 0.3) is 6.08 Å². The number of imide groups is 1. The Hall–Kier alpha value is -3.55. The Kier molecular flexibility index (Phi) is 4.51. The van der Waals surface area contributed by atoms with E-state index < -0.39 is 24.4 Å². The van der Waals surface area contributed by atoms with Crippen molar-refractivity contribution in [3.63, 3.8) is 0 Å². The molecule has 3 rings (SSSR count). The lowest BCUT2D eigenvalue weighted by molar-refractivity contribution is -0.127. The third-order valence-electron chi connectivity index (χ3n) is 3.47. The molecule has 0 spiro atoms. The maximum atomic E-state index is 12.3. The van der Waals surface area contributed by atoms with Gasteiger partial charge >= 0.3 is 6.03 Å². The number of benzene rings is 1. The average Bonchev–Trinajstić information content (AvgIpc) is 3.20. The van der Waals surface area contributed by atoms with Gasteiger partial charge in [0.1, 0.15) is 23.8 Å². The second-order valence-electron chi connectivity index (χ2n) is 5.14. The maximum absolute atomic E-state index is 12.3. The summed E-state index contributed by atoms with van der Waals surface area (Å²) in [5.74, 6) is -0.223. The summed E-state index contributed by atoms with van der Waals surface area (Å²) in [6.07, 6.45) is 2.85. The highest BCUT2D eigenvalue weighted by Crippen LogP contribution is 2.23. The van der Waals surface area contributed by atoms with Crippen LogP contribution in [0.1, 0.15) is 5.76 Å². The quantitative estimate of drug-likeness (QED) is 0.638. The van der Waals surface area contributed by atoms with Crippen LogP contribution in [0.2, 0.25) is 0 Å². The van der Waals surface area contributed by atoms with Crippen LogP contribution in [-0.2, 0) is 9.59 Å². The van der Waals surface area contributed by atoms with E-state index in [9.17, 15) is 14.4 Å². The summed E-state index contributed by atoms with van der Waals surface area (Å²) in [5, 5.41) is 5.03. The van der Waals surface area contributed by atoms with Gasteiger partial charge in [-0.25, -0.2) is 9.69 Å². The van der Waals surface area contributed by atoms with Crippen LogP contribution < -0.4 is 15.4 Å². The number of hydrogen-bond donors (Lipinski definition) is 2. The zero-order valence-electron chi connectivity index (χ0n) is 13.3. The molecular formula is C17H15N3O5. The molecule has 1 aromatic heterocycles. The number of hydrogen-bond acceptors (Lipinski definition) is 5. The highest BCUT2D eigenvalue weighted by atomic mass is 16.5. The van der Waals surface area contributed by atoms with Crippen molar-refractivity contribution in [1.82, 2.24) is 10.2 Å². The van der Waals surface area contributed by atoms with Crippen molar-refractivity contribution in [3.05, 3.63) is 54.1 Å². The van der Waals surface area contributed by atoms with E-state index in [1.807, 2.05) is 0 Å². The molecule has 0 unspecified atom stereocenters. The van der Waals surface area contributed by atoms with E-state index >= 15 is 0 Å². The number of carbonyl (C=O) groups is 3. The minimum Gasteiger partial charge on any atom is -0.495 e. The lowest BCUT2D eigenvalue weighted by Gasteiger charge is -2.13. The van der Waals surface area contributed by atoms with Crippen molar-refractivity contribution in [1.29, 1.82) is 0 Å². The topological polar surface area (TPSA) is 101 Å². The fraction of sp³-hybridized carbons (Fsp3) is 0.118. The molecule has 1 aliphatic heterocycles. The van der Waals surface area contributed by atoms with Crippen molar-refractivity contribution >= 4 is 29.6 Å². The first-order chi connectivity index (χ1) is 12.1. The zero-order chi connectivity index (χ0) is 17.8. The van der Waals surface area contributed by atoms with Crippen LogP contribution in [0.4, 0.5) is 10.5 Å². The summed E-state index contributed by atoms with van der Waals surface area (Å²) in [4.78, 5) is 37.2. The second kappa shape index (κ2) is 6.91. The molecule has 0 radical (unpaired) electrons. The Morgan fingerprint density at radius 2 is 2.08 bits per heavy atom. The lowest BCUT2D eigenvalue weighted by atomic mass is 10.3. The Morgan fingerprint density at radius 1 is 1.28 bits per heavy atom. The van der Waals surface area contributed by atoms with E-state index in [0.29, 0.717) is 17.2 Å². The van der Waals surface area contributed by atoms with Crippen molar-refractivity contribution in [2.24, 2.45) is 0 Å². The van der Waals surface area contributed by atoms with Gasteiger partial charge in [0.2, 0.25) is 5.91 Å². The van der Waals surface area contributed by atoms with Gasteiger partial charge in [-0.2, -0.15) is 0 Å².